The van der Waals surface area contributed by atoms with Crippen LogP contribution in [-0.2, 0) is 10.2 Å². The fourth-order valence-electron chi connectivity index (χ4n) is 1.48. The first-order valence-electron chi connectivity index (χ1n) is 4.30. The molecule has 0 bridgehead atoms. The third-order valence-corrected chi connectivity index (χ3v) is 5.42. The van der Waals surface area contributed by atoms with Crippen molar-refractivity contribution in [1.82, 2.24) is 0 Å². The molecule has 7 heteroatoms. The molecular weight excluding hydrogens is 347 g/mol. The molecule has 2 rings (SSSR count). The van der Waals surface area contributed by atoms with Crippen molar-refractivity contribution in [2.45, 2.75) is 19.9 Å². The van der Waals surface area contributed by atoms with Crippen molar-refractivity contribution in [2.24, 2.45) is 4.40 Å². The molecule has 4 nitrogen and oxygen atoms in total. The summed E-state index contributed by atoms with van der Waals surface area (Å²) in [5, 5.41) is 3.77. The highest BCUT2D eigenvalue weighted by Gasteiger charge is 2.32. The van der Waals surface area contributed by atoms with Gasteiger partial charge in [0.15, 0.2) is 0 Å². The molecule has 2 heterocycles. The molecule has 0 spiro atoms. The van der Waals surface area contributed by atoms with Crippen molar-refractivity contribution in [1.29, 1.82) is 0 Å². The van der Waals surface area contributed by atoms with E-state index < -0.39 is 10.2 Å². The van der Waals surface area contributed by atoms with Crippen molar-refractivity contribution in [3.63, 3.8) is 0 Å². The molecule has 15 heavy (non-hydrogen) atoms. The van der Waals surface area contributed by atoms with Crippen LogP contribution in [0.1, 0.15) is 19.4 Å². The summed E-state index contributed by atoms with van der Waals surface area (Å²) in [5.74, 6) is 0. The third-order valence-electron chi connectivity index (χ3n) is 2.01. The number of fused-ring (bicyclic) bond motifs is 1. The Morgan fingerprint density at radius 3 is 2.73 bits per heavy atom. The fraction of sp³-hybridized carbons (Fsp3) is 0.375. The normalized spacial score (nSPS) is 18.9. The molecule has 0 unspecified atom stereocenters. The van der Waals surface area contributed by atoms with Gasteiger partial charge in [-0.1, -0.05) is 0 Å². The molecule has 0 aromatic carbocycles. The van der Waals surface area contributed by atoms with E-state index in [2.05, 4.69) is 4.40 Å². The van der Waals surface area contributed by atoms with E-state index in [-0.39, 0.29) is 6.04 Å². The highest BCUT2D eigenvalue weighted by molar-refractivity contribution is 14.1. The maximum atomic E-state index is 11.8. The largest absolute Gasteiger partial charge is 0.345 e. The molecule has 1 aromatic rings. The molecule has 0 radical (unpaired) electrons. The van der Waals surface area contributed by atoms with Gasteiger partial charge < -0.3 is 0 Å². The van der Waals surface area contributed by atoms with Crippen molar-refractivity contribution in [2.75, 3.05) is 4.31 Å². The van der Waals surface area contributed by atoms with Gasteiger partial charge in [0.2, 0.25) is 0 Å². The fourth-order valence-corrected chi connectivity index (χ4v) is 5.06. The monoisotopic (exact) mass is 356 g/mol. The maximum Gasteiger partial charge on any atom is 0.345 e. The molecule has 0 amide bonds. The van der Waals surface area contributed by atoms with E-state index in [4.69, 9.17) is 0 Å². The Morgan fingerprint density at radius 1 is 1.47 bits per heavy atom. The number of nitrogens with zero attached hydrogens (tertiary/aromatic N) is 2. The van der Waals surface area contributed by atoms with Gasteiger partial charge in [0.05, 0.1) is 5.69 Å². The second kappa shape index (κ2) is 3.70. The minimum atomic E-state index is -3.53. The van der Waals surface area contributed by atoms with Gasteiger partial charge >= 0.3 is 10.2 Å². The molecule has 1 aliphatic heterocycles. The molecule has 0 aliphatic carbocycles. The van der Waals surface area contributed by atoms with E-state index >= 15 is 0 Å². The Balaban J connectivity index is 2.69. The van der Waals surface area contributed by atoms with Gasteiger partial charge in [-0.15, -0.1) is 15.7 Å². The molecule has 0 fully saturated rings. The summed E-state index contributed by atoms with van der Waals surface area (Å²) in [5.41, 5.74) is 1.65. The van der Waals surface area contributed by atoms with Gasteiger partial charge in [0.1, 0.15) is 3.72 Å². The number of thiophene rings is 1. The lowest BCUT2D eigenvalue weighted by molar-refractivity contribution is 0.586. The summed E-state index contributed by atoms with van der Waals surface area (Å²) in [6.07, 6.45) is 0. The van der Waals surface area contributed by atoms with Crippen LogP contribution in [0.4, 0.5) is 5.69 Å². The van der Waals surface area contributed by atoms with Crippen LogP contribution in [0.25, 0.3) is 0 Å². The molecule has 1 aromatic heterocycles. The summed E-state index contributed by atoms with van der Waals surface area (Å²) in [7, 11) is -3.53. The van der Waals surface area contributed by atoms with Crippen LogP contribution in [0.5, 0.6) is 0 Å². The van der Waals surface area contributed by atoms with Crippen LogP contribution in [0.3, 0.4) is 0 Å². The summed E-state index contributed by atoms with van der Waals surface area (Å²) in [6.45, 7) is 3.68. The van der Waals surface area contributed by atoms with E-state index in [1.807, 2.05) is 47.2 Å². The number of anilines is 1. The molecule has 0 saturated heterocycles. The molecular formula is C8H9IN2O2S2. The van der Waals surface area contributed by atoms with E-state index in [1.54, 1.807) is 0 Å². The first kappa shape index (κ1) is 11.3. The molecule has 0 atom stereocenters. The first-order chi connectivity index (χ1) is 6.93. The van der Waals surface area contributed by atoms with Crippen molar-refractivity contribution >= 4 is 53.5 Å². The zero-order valence-corrected chi connectivity index (χ0v) is 11.9. The van der Waals surface area contributed by atoms with Crippen molar-refractivity contribution in [3.8, 4) is 0 Å². The van der Waals surface area contributed by atoms with Gasteiger partial charge in [-0.3, -0.25) is 0 Å². The average molecular weight is 356 g/mol. The Hall–Kier alpha value is -0.150. The Bertz CT molecular complexity index is 518. The quantitative estimate of drug-likeness (QED) is 0.726. The summed E-state index contributed by atoms with van der Waals surface area (Å²) < 4.78 is 29.3. The Labute approximate surface area is 106 Å². The Morgan fingerprint density at radius 2 is 2.13 bits per heavy atom. The van der Waals surface area contributed by atoms with Crippen LogP contribution in [0.15, 0.2) is 15.2 Å². The summed E-state index contributed by atoms with van der Waals surface area (Å²) >= 11 is 3.44. The van der Waals surface area contributed by atoms with E-state index in [0.717, 1.165) is 11.3 Å². The predicted molar refractivity (Wildman–Crippen MR) is 71.4 cm³/mol. The number of hydrogen-bond acceptors (Lipinski definition) is 3. The van der Waals surface area contributed by atoms with Crippen molar-refractivity contribution in [3.05, 3.63) is 16.3 Å². The minimum Gasteiger partial charge on any atom is -0.248 e. The summed E-state index contributed by atoms with van der Waals surface area (Å²) in [4.78, 5) is 0. The smallest absolute Gasteiger partial charge is 0.248 e. The van der Waals surface area contributed by atoms with Crippen molar-refractivity contribution < 1.29 is 8.42 Å². The lowest BCUT2D eigenvalue weighted by atomic mass is 10.3. The molecule has 0 saturated carbocycles. The predicted octanol–water partition coefficient (Wildman–Crippen LogP) is 2.40. The van der Waals surface area contributed by atoms with Crippen LogP contribution >= 0.6 is 33.9 Å². The van der Waals surface area contributed by atoms with Gasteiger partial charge in [-0.25, -0.2) is 4.31 Å². The van der Waals surface area contributed by atoms with Gasteiger partial charge in [-0.2, -0.15) is 8.42 Å². The zero-order valence-electron chi connectivity index (χ0n) is 8.14. The van der Waals surface area contributed by atoms with E-state index in [1.165, 1.54) is 15.6 Å². The second-order valence-corrected chi connectivity index (χ2v) is 6.66. The van der Waals surface area contributed by atoms with Crippen LogP contribution in [-0.4, -0.2) is 18.2 Å². The topological polar surface area (TPSA) is 49.7 Å². The van der Waals surface area contributed by atoms with Crippen LogP contribution in [0, 0.1) is 0 Å². The number of halogens is 1. The third kappa shape index (κ3) is 1.80. The molecule has 82 valence electrons. The highest BCUT2D eigenvalue weighted by Crippen LogP contribution is 2.35. The van der Waals surface area contributed by atoms with Gasteiger partial charge in [0, 0.05) is 22.4 Å². The average Bonchev–Trinajstić information content (AvgIpc) is 2.49. The first-order valence-corrected chi connectivity index (χ1v) is 7.71. The van der Waals surface area contributed by atoms with E-state index in [9.17, 15) is 8.42 Å². The molecule has 0 N–H and O–H groups in total. The lowest BCUT2D eigenvalue weighted by Crippen LogP contribution is -2.38. The lowest BCUT2D eigenvalue weighted by Gasteiger charge is -2.28. The van der Waals surface area contributed by atoms with Gasteiger partial charge in [0.25, 0.3) is 0 Å². The highest BCUT2D eigenvalue weighted by atomic mass is 127. The van der Waals surface area contributed by atoms with Gasteiger partial charge in [-0.05, 0) is 36.4 Å². The number of rotatable bonds is 1. The van der Waals surface area contributed by atoms with E-state index in [0.29, 0.717) is 3.72 Å². The number of hydrogen-bond donors (Lipinski definition) is 0. The SMILES string of the molecule is CC(C)N1c2cscc2C(I)=NS1(=O)=O. The zero-order chi connectivity index (χ0) is 11.2. The summed E-state index contributed by atoms with van der Waals surface area (Å²) in [6, 6.07) is -0.114. The van der Waals surface area contributed by atoms with Crippen LogP contribution in [0.2, 0.25) is 0 Å². The molecule has 1 aliphatic rings. The Kier molecular flexibility index (Phi) is 2.80. The minimum absolute atomic E-state index is 0.114. The maximum absolute atomic E-state index is 11.8. The standard InChI is InChI=1S/C8H9IN2O2S2/c1-5(2)11-7-4-14-3-6(7)8(9)10-15(11,12)13/h3-5H,1-2H3. The second-order valence-electron chi connectivity index (χ2n) is 3.42. The van der Waals surface area contributed by atoms with Crippen LogP contribution < -0.4 is 4.31 Å².